The molecule has 1 aliphatic carbocycles. The Hall–Kier alpha value is -3.19. The highest BCUT2D eigenvalue weighted by molar-refractivity contribution is 6.08. The van der Waals surface area contributed by atoms with Crippen LogP contribution in [0.15, 0.2) is 48.8 Å². The number of hydrogen-bond acceptors (Lipinski definition) is 5. The highest BCUT2D eigenvalue weighted by Gasteiger charge is 2.50. The number of nitrogens with one attached hydrogen (secondary N) is 1. The molecule has 0 atom stereocenters. The number of carbonyl (C=O) groups is 1. The normalized spacial score (nSPS) is 20.2. The predicted molar refractivity (Wildman–Crippen MR) is 127 cm³/mol. The number of amides is 1. The third-order valence-electron chi connectivity index (χ3n) is 7.51. The van der Waals surface area contributed by atoms with Crippen LogP contribution in [0.4, 0.5) is 5.69 Å². The van der Waals surface area contributed by atoms with Gasteiger partial charge < -0.3 is 15.0 Å². The van der Waals surface area contributed by atoms with Crippen molar-refractivity contribution in [3.8, 4) is 22.8 Å². The quantitative estimate of drug-likeness (QED) is 0.655. The minimum absolute atomic E-state index is 0.116. The second-order valence-corrected chi connectivity index (χ2v) is 9.59. The third kappa shape index (κ3) is 3.42. The topological polar surface area (TPSA) is 72.3 Å². The van der Waals surface area contributed by atoms with Crippen LogP contribution in [0.2, 0.25) is 0 Å². The molecule has 0 radical (unpaired) electrons. The SMILES string of the molecule is CN1CCC(Oc2cc(-c3ncnn3-c3ccccc3)cc3c2NC(=O)C32CCCC2)CC1. The van der Waals surface area contributed by atoms with Gasteiger partial charge in [0.1, 0.15) is 18.2 Å². The van der Waals surface area contributed by atoms with E-state index in [1.54, 1.807) is 6.33 Å². The van der Waals surface area contributed by atoms with Crippen molar-refractivity contribution in [2.45, 2.75) is 50.0 Å². The Morgan fingerprint density at radius 1 is 1.09 bits per heavy atom. The molecule has 1 saturated heterocycles. The predicted octanol–water partition coefficient (Wildman–Crippen LogP) is 4.17. The lowest BCUT2D eigenvalue weighted by Gasteiger charge is -2.30. The van der Waals surface area contributed by atoms with E-state index in [2.05, 4.69) is 33.4 Å². The van der Waals surface area contributed by atoms with Gasteiger partial charge >= 0.3 is 0 Å². The van der Waals surface area contributed by atoms with Crippen LogP contribution in [-0.4, -0.2) is 51.8 Å². The van der Waals surface area contributed by atoms with E-state index >= 15 is 0 Å². The first-order chi connectivity index (χ1) is 16.1. The molecule has 2 fully saturated rings. The molecule has 1 spiro atoms. The molecule has 1 aromatic heterocycles. The largest absolute Gasteiger partial charge is 0.488 e. The van der Waals surface area contributed by atoms with Crippen LogP contribution in [0.1, 0.15) is 44.1 Å². The maximum atomic E-state index is 13.2. The molecule has 7 nitrogen and oxygen atoms in total. The van der Waals surface area contributed by atoms with Gasteiger partial charge in [-0.2, -0.15) is 5.10 Å². The Balaban J connectivity index is 1.46. The van der Waals surface area contributed by atoms with E-state index in [4.69, 9.17) is 4.74 Å². The number of likely N-dealkylation sites (tertiary alicyclic amines) is 1. The summed E-state index contributed by atoms with van der Waals surface area (Å²) in [6.45, 7) is 2.04. The van der Waals surface area contributed by atoms with Crippen molar-refractivity contribution >= 4 is 11.6 Å². The molecule has 0 unspecified atom stereocenters. The zero-order chi connectivity index (χ0) is 22.4. The zero-order valence-corrected chi connectivity index (χ0v) is 19.0. The standard InChI is InChI=1S/C26H29N5O2/c1-30-13-9-20(10-14-30)33-22-16-18(24-27-17-28-31(24)19-7-3-2-4-8-19)15-21-23(22)29-25(32)26(21)11-5-6-12-26/h2-4,7-8,15-17,20H,5-6,9-14H2,1H3,(H,29,32). The molecule has 2 aromatic carbocycles. The number of nitrogens with zero attached hydrogens (tertiary/aromatic N) is 4. The number of rotatable bonds is 4. The lowest BCUT2D eigenvalue weighted by Crippen LogP contribution is -2.35. The van der Waals surface area contributed by atoms with Gasteiger partial charge in [0, 0.05) is 18.7 Å². The molecule has 33 heavy (non-hydrogen) atoms. The molecule has 1 N–H and O–H groups in total. The molecule has 3 heterocycles. The van der Waals surface area contributed by atoms with Gasteiger partial charge in [-0.25, -0.2) is 9.67 Å². The number of para-hydroxylation sites is 1. The molecule has 0 bridgehead atoms. The van der Waals surface area contributed by atoms with Crippen molar-refractivity contribution in [1.82, 2.24) is 19.7 Å². The number of ether oxygens (including phenoxy) is 1. The summed E-state index contributed by atoms with van der Waals surface area (Å²) in [4.78, 5) is 20.2. The summed E-state index contributed by atoms with van der Waals surface area (Å²) >= 11 is 0. The van der Waals surface area contributed by atoms with Crippen molar-refractivity contribution in [1.29, 1.82) is 0 Å². The number of carbonyl (C=O) groups excluding carboxylic acids is 1. The summed E-state index contributed by atoms with van der Waals surface area (Å²) in [5, 5.41) is 7.69. The van der Waals surface area contributed by atoms with Crippen LogP contribution in [0.3, 0.4) is 0 Å². The van der Waals surface area contributed by atoms with E-state index in [1.165, 1.54) is 0 Å². The van der Waals surface area contributed by atoms with E-state index in [0.29, 0.717) is 0 Å². The van der Waals surface area contributed by atoms with Crippen LogP contribution >= 0.6 is 0 Å². The molecular weight excluding hydrogens is 414 g/mol. The minimum Gasteiger partial charge on any atom is -0.488 e. The van der Waals surface area contributed by atoms with Gasteiger partial charge in [-0.05, 0) is 62.6 Å². The van der Waals surface area contributed by atoms with E-state index in [-0.39, 0.29) is 12.0 Å². The van der Waals surface area contributed by atoms with Crippen LogP contribution in [0.5, 0.6) is 5.75 Å². The van der Waals surface area contributed by atoms with E-state index in [0.717, 1.165) is 85.7 Å². The summed E-state index contributed by atoms with van der Waals surface area (Å²) in [5.41, 5.74) is 3.35. The summed E-state index contributed by atoms with van der Waals surface area (Å²) in [6, 6.07) is 14.2. The van der Waals surface area contributed by atoms with Crippen LogP contribution in [0, 0.1) is 0 Å². The lowest BCUT2D eigenvalue weighted by atomic mass is 9.79. The average Bonchev–Trinajstić information content (AvgIpc) is 3.58. The molecule has 3 aliphatic rings. The Morgan fingerprint density at radius 3 is 2.61 bits per heavy atom. The number of piperidine rings is 1. The number of aromatic nitrogens is 3. The Kier molecular flexibility index (Phi) is 4.94. The van der Waals surface area contributed by atoms with Gasteiger partial charge in [-0.15, -0.1) is 0 Å². The van der Waals surface area contributed by atoms with Crippen LogP contribution in [-0.2, 0) is 10.2 Å². The van der Waals surface area contributed by atoms with Gasteiger partial charge in [-0.3, -0.25) is 4.79 Å². The molecule has 1 amide bonds. The van der Waals surface area contributed by atoms with Gasteiger partial charge in [0.15, 0.2) is 5.82 Å². The molecule has 3 aromatic rings. The summed E-state index contributed by atoms with van der Waals surface area (Å²) in [5.74, 6) is 1.63. The van der Waals surface area contributed by atoms with Crippen molar-refractivity contribution < 1.29 is 9.53 Å². The van der Waals surface area contributed by atoms with E-state index < -0.39 is 5.41 Å². The zero-order valence-electron chi connectivity index (χ0n) is 19.0. The molecule has 1 saturated carbocycles. The van der Waals surface area contributed by atoms with Gasteiger partial charge in [-0.1, -0.05) is 31.0 Å². The van der Waals surface area contributed by atoms with Gasteiger partial charge in [0.2, 0.25) is 5.91 Å². The van der Waals surface area contributed by atoms with E-state index in [1.807, 2.05) is 41.1 Å². The molecule has 7 heteroatoms. The first kappa shape index (κ1) is 20.4. The highest BCUT2D eigenvalue weighted by atomic mass is 16.5. The van der Waals surface area contributed by atoms with E-state index in [9.17, 15) is 4.79 Å². The molecule has 170 valence electrons. The number of hydrogen-bond donors (Lipinski definition) is 1. The average molecular weight is 444 g/mol. The van der Waals surface area contributed by atoms with Gasteiger partial charge in [0.05, 0.1) is 16.8 Å². The van der Waals surface area contributed by atoms with Crippen molar-refractivity contribution in [3.63, 3.8) is 0 Å². The number of benzene rings is 2. The first-order valence-electron chi connectivity index (χ1n) is 11.9. The summed E-state index contributed by atoms with van der Waals surface area (Å²) in [7, 11) is 2.15. The van der Waals surface area contributed by atoms with Crippen molar-refractivity contribution in [2.75, 3.05) is 25.5 Å². The maximum absolute atomic E-state index is 13.2. The summed E-state index contributed by atoms with van der Waals surface area (Å²) in [6.07, 6.45) is 7.60. The van der Waals surface area contributed by atoms with Crippen LogP contribution < -0.4 is 10.1 Å². The second kappa shape index (κ2) is 7.99. The number of anilines is 1. The Labute approximate surface area is 193 Å². The fourth-order valence-corrected chi connectivity index (χ4v) is 5.65. The lowest BCUT2D eigenvalue weighted by molar-refractivity contribution is -0.120. The first-order valence-corrected chi connectivity index (χ1v) is 11.9. The smallest absolute Gasteiger partial charge is 0.235 e. The minimum atomic E-state index is -0.451. The fourth-order valence-electron chi connectivity index (χ4n) is 5.65. The fraction of sp³-hybridized carbons (Fsp3) is 0.423. The number of fused-ring (bicyclic) bond motifs is 2. The Morgan fingerprint density at radius 2 is 1.85 bits per heavy atom. The van der Waals surface area contributed by atoms with Crippen LogP contribution in [0.25, 0.3) is 17.1 Å². The van der Waals surface area contributed by atoms with Crippen molar-refractivity contribution in [3.05, 3.63) is 54.4 Å². The molecule has 6 rings (SSSR count). The third-order valence-corrected chi connectivity index (χ3v) is 7.51. The monoisotopic (exact) mass is 443 g/mol. The van der Waals surface area contributed by atoms with Crippen molar-refractivity contribution in [2.24, 2.45) is 0 Å². The highest BCUT2D eigenvalue weighted by Crippen LogP contribution is 2.53. The van der Waals surface area contributed by atoms with Gasteiger partial charge in [0.25, 0.3) is 0 Å². The maximum Gasteiger partial charge on any atom is 0.235 e. The molecular formula is C26H29N5O2. The summed E-state index contributed by atoms with van der Waals surface area (Å²) < 4.78 is 8.44. The second-order valence-electron chi connectivity index (χ2n) is 9.59. The Bertz CT molecular complexity index is 1170. The molecule has 2 aliphatic heterocycles.